The maximum absolute atomic E-state index is 6.03. The molecule has 0 saturated carbocycles. The summed E-state index contributed by atoms with van der Waals surface area (Å²) in [5.41, 5.74) is 9.38. The Morgan fingerprint density at radius 1 is 1.33 bits per heavy atom. The lowest BCUT2D eigenvalue weighted by molar-refractivity contribution is 0.564. The zero-order chi connectivity index (χ0) is 11.2. The van der Waals surface area contributed by atoms with Crippen LogP contribution in [0, 0.1) is 6.92 Å². The maximum atomic E-state index is 6.03. The van der Waals surface area contributed by atoms with Gasteiger partial charge in [-0.05, 0) is 12.5 Å². The number of fused-ring (bicyclic) bond motifs is 1. The van der Waals surface area contributed by atoms with Crippen molar-refractivity contribution in [1.82, 2.24) is 14.6 Å². The summed E-state index contributed by atoms with van der Waals surface area (Å²) in [6.45, 7) is 8.27. The van der Waals surface area contributed by atoms with Crippen LogP contribution in [0.3, 0.4) is 0 Å². The predicted molar refractivity (Wildman–Crippen MR) is 60.8 cm³/mol. The molecular weight excluding hydrogens is 188 g/mol. The van der Waals surface area contributed by atoms with Crippen LogP contribution >= 0.6 is 0 Å². The summed E-state index contributed by atoms with van der Waals surface area (Å²) >= 11 is 0. The standard InChI is InChI=1S/C11H16N4/c1-7-5-13-10-8(12)9(11(2,3)4)14-15(10)6-7/h5-6H,12H2,1-4H3. The Morgan fingerprint density at radius 3 is 2.60 bits per heavy atom. The topological polar surface area (TPSA) is 56.2 Å². The largest absolute Gasteiger partial charge is 0.394 e. The number of nitrogens with two attached hydrogens (primary N) is 1. The smallest absolute Gasteiger partial charge is 0.178 e. The van der Waals surface area contributed by atoms with Crippen LogP contribution < -0.4 is 5.73 Å². The van der Waals surface area contributed by atoms with E-state index in [9.17, 15) is 0 Å². The summed E-state index contributed by atoms with van der Waals surface area (Å²) in [6.07, 6.45) is 3.74. The molecule has 0 atom stereocenters. The Kier molecular flexibility index (Phi) is 1.96. The van der Waals surface area contributed by atoms with Crippen LogP contribution in [-0.4, -0.2) is 14.6 Å². The monoisotopic (exact) mass is 204 g/mol. The summed E-state index contributed by atoms with van der Waals surface area (Å²) in [7, 11) is 0. The first-order valence-electron chi connectivity index (χ1n) is 5.00. The van der Waals surface area contributed by atoms with Gasteiger partial charge in [-0.25, -0.2) is 9.50 Å². The fourth-order valence-electron chi connectivity index (χ4n) is 1.60. The van der Waals surface area contributed by atoms with E-state index in [0.29, 0.717) is 5.69 Å². The molecule has 2 rings (SSSR count). The average molecular weight is 204 g/mol. The molecule has 4 heteroatoms. The Hall–Kier alpha value is -1.58. The molecule has 2 heterocycles. The summed E-state index contributed by atoms with van der Waals surface area (Å²) < 4.78 is 1.76. The van der Waals surface area contributed by atoms with Crippen LogP contribution in [0.25, 0.3) is 5.65 Å². The third kappa shape index (κ3) is 1.56. The van der Waals surface area contributed by atoms with Crippen molar-refractivity contribution in [2.45, 2.75) is 33.1 Å². The molecule has 4 nitrogen and oxygen atoms in total. The number of rotatable bonds is 0. The minimum absolute atomic E-state index is 0.0499. The molecular formula is C11H16N4. The fraction of sp³-hybridized carbons (Fsp3) is 0.455. The number of aryl methyl sites for hydroxylation is 1. The minimum Gasteiger partial charge on any atom is -0.394 e. The number of hydrogen-bond donors (Lipinski definition) is 1. The van der Waals surface area contributed by atoms with Crippen molar-refractivity contribution in [3.05, 3.63) is 23.7 Å². The summed E-state index contributed by atoms with van der Waals surface area (Å²) in [5, 5.41) is 4.47. The summed E-state index contributed by atoms with van der Waals surface area (Å²) in [5.74, 6) is 0. The van der Waals surface area contributed by atoms with Crippen LogP contribution in [0.1, 0.15) is 32.0 Å². The molecule has 0 radical (unpaired) electrons. The van der Waals surface area contributed by atoms with Crippen molar-refractivity contribution in [3.8, 4) is 0 Å². The van der Waals surface area contributed by atoms with E-state index in [1.165, 1.54) is 0 Å². The lowest BCUT2D eigenvalue weighted by atomic mass is 9.91. The quantitative estimate of drug-likeness (QED) is 0.713. The van der Waals surface area contributed by atoms with E-state index in [1.807, 2.05) is 13.1 Å². The third-order valence-corrected chi connectivity index (χ3v) is 2.35. The SMILES string of the molecule is Cc1cnc2c(N)c(C(C)(C)C)nn2c1. The highest BCUT2D eigenvalue weighted by Crippen LogP contribution is 2.28. The van der Waals surface area contributed by atoms with Crippen molar-refractivity contribution in [2.75, 3.05) is 5.73 Å². The normalized spacial score (nSPS) is 12.3. The molecule has 0 bridgehead atoms. The second-order valence-corrected chi connectivity index (χ2v) is 4.91. The Balaban J connectivity index is 2.75. The number of anilines is 1. The first kappa shape index (κ1) is 9.96. The second kappa shape index (κ2) is 2.95. The molecule has 0 aromatic carbocycles. The van der Waals surface area contributed by atoms with Crippen molar-refractivity contribution < 1.29 is 0 Å². The zero-order valence-corrected chi connectivity index (χ0v) is 9.57. The molecule has 80 valence electrons. The Morgan fingerprint density at radius 2 is 2.00 bits per heavy atom. The van der Waals surface area contributed by atoms with Gasteiger partial charge in [0.05, 0.1) is 5.69 Å². The number of nitrogens with zero attached hydrogens (tertiary/aromatic N) is 3. The molecule has 0 aliphatic carbocycles. The van der Waals surface area contributed by atoms with Crippen molar-refractivity contribution >= 4 is 11.3 Å². The molecule has 0 aliphatic heterocycles. The molecule has 0 unspecified atom stereocenters. The molecule has 0 aliphatic rings. The van der Waals surface area contributed by atoms with Crippen LogP contribution in [0.2, 0.25) is 0 Å². The zero-order valence-electron chi connectivity index (χ0n) is 9.57. The van der Waals surface area contributed by atoms with Gasteiger partial charge in [-0.3, -0.25) is 0 Å². The average Bonchev–Trinajstić information content (AvgIpc) is 2.42. The minimum atomic E-state index is -0.0499. The van der Waals surface area contributed by atoms with E-state index in [-0.39, 0.29) is 5.41 Å². The Bertz CT molecular complexity index is 505. The van der Waals surface area contributed by atoms with E-state index < -0.39 is 0 Å². The van der Waals surface area contributed by atoms with Gasteiger partial charge in [-0.2, -0.15) is 5.10 Å². The molecule has 15 heavy (non-hydrogen) atoms. The molecule has 2 aromatic heterocycles. The predicted octanol–water partition coefficient (Wildman–Crippen LogP) is 1.92. The van der Waals surface area contributed by atoms with Crippen LogP contribution in [-0.2, 0) is 5.41 Å². The molecule has 2 N–H and O–H groups in total. The van der Waals surface area contributed by atoms with Gasteiger partial charge >= 0.3 is 0 Å². The Labute approximate surface area is 89.1 Å². The number of nitrogen functional groups attached to an aromatic ring is 1. The van der Waals surface area contributed by atoms with Crippen LogP contribution in [0.15, 0.2) is 12.4 Å². The van der Waals surface area contributed by atoms with Gasteiger partial charge < -0.3 is 5.73 Å². The van der Waals surface area contributed by atoms with Gasteiger partial charge in [0.1, 0.15) is 5.69 Å². The summed E-state index contributed by atoms with van der Waals surface area (Å²) in [4.78, 5) is 4.29. The first-order valence-corrected chi connectivity index (χ1v) is 5.00. The van der Waals surface area contributed by atoms with Crippen molar-refractivity contribution in [1.29, 1.82) is 0 Å². The van der Waals surface area contributed by atoms with E-state index in [4.69, 9.17) is 5.73 Å². The molecule has 0 amide bonds. The van der Waals surface area contributed by atoms with Crippen molar-refractivity contribution in [3.63, 3.8) is 0 Å². The lowest BCUT2D eigenvalue weighted by Gasteiger charge is -2.15. The van der Waals surface area contributed by atoms with E-state index >= 15 is 0 Å². The lowest BCUT2D eigenvalue weighted by Crippen LogP contribution is -2.14. The molecule has 0 fully saturated rings. The van der Waals surface area contributed by atoms with Gasteiger partial charge in [-0.1, -0.05) is 20.8 Å². The van der Waals surface area contributed by atoms with Gasteiger partial charge in [0, 0.05) is 17.8 Å². The highest BCUT2D eigenvalue weighted by atomic mass is 15.3. The van der Waals surface area contributed by atoms with Crippen molar-refractivity contribution in [2.24, 2.45) is 0 Å². The van der Waals surface area contributed by atoms with Crippen LogP contribution in [0.4, 0.5) is 5.69 Å². The first-order chi connectivity index (χ1) is 6.89. The van der Waals surface area contributed by atoms with Gasteiger partial charge in [0.2, 0.25) is 0 Å². The van der Waals surface area contributed by atoms with Gasteiger partial charge in [-0.15, -0.1) is 0 Å². The maximum Gasteiger partial charge on any atom is 0.178 e. The second-order valence-electron chi connectivity index (χ2n) is 4.91. The van der Waals surface area contributed by atoms with Gasteiger partial charge in [0.15, 0.2) is 5.65 Å². The van der Waals surface area contributed by atoms with E-state index in [0.717, 1.165) is 16.9 Å². The highest BCUT2D eigenvalue weighted by Gasteiger charge is 2.22. The number of aromatic nitrogens is 3. The molecule has 0 saturated heterocycles. The highest BCUT2D eigenvalue weighted by molar-refractivity contribution is 5.68. The summed E-state index contributed by atoms with van der Waals surface area (Å²) in [6, 6.07) is 0. The van der Waals surface area contributed by atoms with Gasteiger partial charge in [0.25, 0.3) is 0 Å². The number of hydrogen-bond acceptors (Lipinski definition) is 3. The van der Waals surface area contributed by atoms with E-state index in [2.05, 4.69) is 30.9 Å². The molecule has 2 aromatic rings. The van der Waals surface area contributed by atoms with Crippen LogP contribution in [0.5, 0.6) is 0 Å². The van der Waals surface area contributed by atoms with E-state index in [1.54, 1.807) is 10.7 Å². The third-order valence-electron chi connectivity index (χ3n) is 2.35. The fourth-order valence-corrected chi connectivity index (χ4v) is 1.60. The molecule has 0 spiro atoms.